The highest BCUT2D eigenvalue weighted by atomic mass is 14.3. The lowest BCUT2D eigenvalue weighted by molar-refractivity contribution is 0.242. The van der Waals surface area contributed by atoms with Crippen molar-refractivity contribution in [2.45, 2.75) is 117 Å². The molecule has 2 saturated carbocycles. The van der Waals surface area contributed by atoms with E-state index in [-0.39, 0.29) is 0 Å². The molecular weight excluding hydrogens is 312 g/mol. The van der Waals surface area contributed by atoms with Gasteiger partial charge in [-0.15, -0.1) is 0 Å². The van der Waals surface area contributed by atoms with Crippen LogP contribution in [0.4, 0.5) is 0 Å². The van der Waals surface area contributed by atoms with Crippen LogP contribution >= 0.6 is 0 Å². The maximum atomic E-state index is 2.55. The molecule has 0 aromatic carbocycles. The normalized spacial score (nSPS) is 30.4. The van der Waals surface area contributed by atoms with Crippen molar-refractivity contribution < 1.29 is 0 Å². The first-order valence-corrected chi connectivity index (χ1v) is 12.1. The van der Waals surface area contributed by atoms with Gasteiger partial charge in [-0.3, -0.25) is 0 Å². The average molecular weight is 359 g/mol. The summed E-state index contributed by atoms with van der Waals surface area (Å²) in [5.41, 5.74) is 0. The Kier molecular flexibility index (Phi) is 11.4. The highest BCUT2D eigenvalue weighted by Crippen LogP contribution is 2.36. The van der Waals surface area contributed by atoms with E-state index in [1.165, 1.54) is 103 Å². The molecule has 2 atom stereocenters. The number of hydrogen-bond donors (Lipinski definition) is 0. The van der Waals surface area contributed by atoms with Gasteiger partial charge in [0, 0.05) is 0 Å². The van der Waals surface area contributed by atoms with E-state index in [0.717, 1.165) is 23.7 Å². The fourth-order valence-corrected chi connectivity index (χ4v) is 5.40. The SMILES string of the molecule is CC=CCCC1CCC(CCCCC2CCCC(C=CCCC)C2)CC1. The molecule has 0 bridgehead atoms. The Labute approximate surface area is 164 Å². The molecule has 0 aromatic heterocycles. The summed E-state index contributed by atoms with van der Waals surface area (Å²) in [7, 11) is 0. The molecule has 0 radical (unpaired) electrons. The van der Waals surface area contributed by atoms with Gasteiger partial charge in [0.2, 0.25) is 0 Å². The van der Waals surface area contributed by atoms with Crippen molar-refractivity contribution in [3.8, 4) is 0 Å². The summed E-state index contributed by atoms with van der Waals surface area (Å²) in [6.07, 6.45) is 32.9. The van der Waals surface area contributed by atoms with Gasteiger partial charge in [0.15, 0.2) is 0 Å². The highest BCUT2D eigenvalue weighted by molar-refractivity contribution is 4.91. The smallest absolute Gasteiger partial charge is 0.0231 e. The molecule has 0 heterocycles. The van der Waals surface area contributed by atoms with E-state index in [1.54, 1.807) is 0 Å². The Balaban J connectivity index is 1.51. The zero-order valence-corrected chi connectivity index (χ0v) is 17.9. The molecule has 0 aromatic rings. The maximum Gasteiger partial charge on any atom is -0.0231 e. The van der Waals surface area contributed by atoms with Crippen LogP contribution in [-0.4, -0.2) is 0 Å². The summed E-state index contributed by atoms with van der Waals surface area (Å²) in [5, 5.41) is 0. The summed E-state index contributed by atoms with van der Waals surface area (Å²) in [6.45, 7) is 4.43. The fraction of sp³-hybridized carbons (Fsp3) is 0.846. The molecular formula is C26H46. The topological polar surface area (TPSA) is 0 Å². The van der Waals surface area contributed by atoms with Crippen molar-refractivity contribution in [3.05, 3.63) is 24.3 Å². The molecule has 2 aliphatic carbocycles. The first-order chi connectivity index (χ1) is 12.8. The van der Waals surface area contributed by atoms with E-state index in [4.69, 9.17) is 0 Å². The molecule has 0 saturated heterocycles. The number of unbranched alkanes of at least 4 members (excludes halogenated alkanes) is 2. The first kappa shape index (κ1) is 21.8. The predicted octanol–water partition coefficient (Wildman–Crippen LogP) is 8.87. The minimum Gasteiger partial charge on any atom is -0.0917 e. The molecule has 0 heteroatoms. The molecule has 2 fully saturated rings. The van der Waals surface area contributed by atoms with Crippen molar-refractivity contribution in [2.75, 3.05) is 0 Å². The highest BCUT2D eigenvalue weighted by Gasteiger charge is 2.22. The minimum atomic E-state index is 0.901. The third-order valence-corrected chi connectivity index (χ3v) is 7.11. The Morgan fingerprint density at radius 1 is 0.731 bits per heavy atom. The van der Waals surface area contributed by atoms with Crippen molar-refractivity contribution in [1.29, 1.82) is 0 Å². The number of hydrogen-bond acceptors (Lipinski definition) is 0. The van der Waals surface area contributed by atoms with Gasteiger partial charge in [0.05, 0.1) is 0 Å². The summed E-state index contributed by atoms with van der Waals surface area (Å²) < 4.78 is 0. The molecule has 0 spiro atoms. The Bertz CT molecular complexity index is 383. The Morgan fingerprint density at radius 2 is 1.42 bits per heavy atom. The monoisotopic (exact) mass is 358 g/mol. The average Bonchev–Trinajstić information content (AvgIpc) is 2.67. The molecule has 0 aliphatic heterocycles. The van der Waals surface area contributed by atoms with E-state index in [1.807, 2.05) is 0 Å². The second-order valence-corrected chi connectivity index (χ2v) is 9.33. The lowest BCUT2D eigenvalue weighted by atomic mass is 9.77. The summed E-state index contributed by atoms with van der Waals surface area (Å²) in [6, 6.07) is 0. The van der Waals surface area contributed by atoms with E-state index in [9.17, 15) is 0 Å². The Hall–Kier alpha value is -0.520. The van der Waals surface area contributed by atoms with Gasteiger partial charge in [-0.05, 0) is 62.7 Å². The molecule has 0 amide bonds. The van der Waals surface area contributed by atoms with Crippen LogP contribution in [0, 0.1) is 23.7 Å². The summed E-state index contributed by atoms with van der Waals surface area (Å²) in [5.74, 6) is 4.02. The van der Waals surface area contributed by atoms with Gasteiger partial charge < -0.3 is 0 Å². The second-order valence-electron chi connectivity index (χ2n) is 9.33. The van der Waals surface area contributed by atoms with Crippen LogP contribution in [0.15, 0.2) is 24.3 Å². The fourth-order valence-electron chi connectivity index (χ4n) is 5.40. The van der Waals surface area contributed by atoms with Crippen molar-refractivity contribution in [2.24, 2.45) is 23.7 Å². The molecule has 26 heavy (non-hydrogen) atoms. The van der Waals surface area contributed by atoms with Crippen LogP contribution in [0.25, 0.3) is 0 Å². The van der Waals surface area contributed by atoms with Crippen LogP contribution in [0.5, 0.6) is 0 Å². The van der Waals surface area contributed by atoms with E-state index >= 15 is 0 Å². The van der Waals surface area contributed by atoms with Crippen molar-refractivity contribution >= 4 is 0 Å². The predicted molar refractivity (Wildman–Crippen MR) is 117 cm³/mol. The molecule has 2 aliphatic rings. The van der Waals surface area contributed by atoms with Crippen molar-refractivity contribution in [3.63, 3.8) is 0 Å². The van der Waals surface area contributed by atoms with Crippen molar-refractivity contribution in [1.82, 2.24) is 0 Å². The van der Waals surface area contributed by atoms with Gasteiger partial charge in [-0.1, -0.05) is 102 Å². The number of allylic oxidation sites excluding steroid dienone is 4. The summed E-state index contributed by atoms with van der Waals surface area (Å²) in [4.78, 5) is 0. The van der Waals surface area contributed by atoms with Crippen LogP contribution in [0.2, 0.25) is 0 Å². The first-order valence-electron chi connectivity index (χ1n) is 12.1. The molecule has 0 nitrogen and oxygen atoms in total. The van der Waals surface area contributed by atoms with Gasteiger partial charge in [-0.2, -0.15) is 0 Å². The van der Waals surface area contributed by atoms with Gasteiger partial charge >= 0.3 is 0 Å². The quantitative estimate of drug-likeness (QED) is 0.255. The van der Waals surface area contributed by atoms with Gasteiger partial charge in [0.25, 0.3) is 0 Å². The van der Waals surface area contributed by atoms with E-state index < -0.39 is 0 Å². The molecule has 2 rings (SSSR count). The van der Waals surface area contributed by atoms with Gasteiger partial charge in [-0.25, -0.2) is 0 Å². The van der Waals surface area contributed by atoms with Crippen LogP contribution in [0.1, 0.15) is 117 Å². The Morgan fingerprint density at radius 3 is 2.12 bits per heavy atom. The zero-order valence-electron chi connectivity index (χ0n) is 17.9. The number of rotatable bonds is 11. The third kappa shape index (κ3) is 8.92. The van der Waals surface area contributed by atoms with E-state index in [2.05, 4.69) is 38.2 Å². The lowest BCUT2D eigenvalue weighted by Gasteiger charge is -2.29. The standard InChI is InChI=1S/C26H46/c1-3-5-7-12-23-18-20-24(21-19-23)13-9-10-15-26-17-11-16-25(22-26)14-8-6-4-2/h3,5,8,14,23-26H,4,6-7,9-13,15-22H2,1-2H3. The zero-order chi connectivity index (χ0) is 18.5. The third-order valence-electron chi connectivity index (χ3n) is 7.11. The van der Waals surface area contributed by atoms with Gasteiger partial charge in [0.1, 0.15) is 0 Å². The minimum absolute atomic E-state index is 0.901. The largest absolute Gasteiger partial charge is 0.0917 e. The maximum absolute atomic E-state index is 2.55. The molecule has 2 unspecified atom stereocenters. The molecule has 0 N–H and O–H groups in total. The van der Waals surface area contributed by atoms with Crippen LogP contribution in [-0.2, 0) is 0 Å². The lowest BCUT2D eigenvalue weighted by Crippen LogP contribution is -2.15. The second kappa shape index (κ2) is 13.6. The summed E-state index contributed by atoms with van der Waals surface area (Å²) >= 11 is 0. The van der Waals surface area contributed by atoms with Crippen LogP contribution < -0.4 is 0 Å². The van der Waals surface area contributed by atoms with Crippen LogP contribution in [0.3, 0.4) is 0 Å². The molecule has 150 valence electrons. The van der Waals surface area contributed by atoms with E-state index in [0.29, 0.717) is 0 Å².